The molecule has 3 aromatic carbocycles. The SMILES string of the molecule is O=CNc1cccc2c1C(=O)OC21c2ccc(O)cc2Oc2cc(O)ccc21. The van der Waals surface area contributed by atoms with E-state index >= 15 is 0 Å². The number of carbonyl (C=O) groups is 2. The zero-order valence-corrected chi connectivity index (χ0v) is 14.3. The molecule has 7 heteroatoms. The lowest BCUT2D eigenvalue weighted by Crippen LogP contribution is -2.32. The molecule has 138 valence electrons. The summed E-state index contributed by atoms with van der Waals surface area (Å²) < 4.78 is 11.8. The van der Waals surface area contributed by atoms with Crippen LogP contribution in [0.25, 0.3) is 0 Å². The highest BCUT2D eigenvalue weighted by Crippen LogP contribution is 2.57. The molecule has 0 unspecified atom stereocenters. The number of hydrogen-bond acceptors (Lipinski definition) is 6. The van der Waals surface area contributed by atoms with Gasteiger partial charge in [0.05, 0.1) is 11.3 Å². The van der Waals surface area contributed by atoms with Crippen LogP contribution in [-0.2, 0) is 15.1 Å². The normalized spacial score (nSPS) is 15.1. The lowest BCUT2D eigenvalue weighted by Gasteiger charge is -2.36. The van der Waals surface area contributed by atoms with Crippen molar-refractivity contribution in [2.75, 3.05) is 5.32 Å². The average molecular weight is 375 g/mol. The van der Waals surface area contributed by atoms with Crippen LogP contribution in [0.15, 0.2) is 54.6 Å². The molecule has 3 N–H and O–H groups in total. The molecular weight excluding hydrogens is 362 g/mol. The van der Waals surface area contributed by atoms with Gasteiger partial charge in [-0.2, -0.15) is 0 Å². The van der Waals surface area contributed by atoms with Crippen LogP contribution in [0.2, 0.25) is 0 Å². The molecule has 28 heavy (non-hydrogen) atoms. The number of nitrogens with one attached hydrogen (secondary N) is 1. The minimum atomic E-state index is -1.34. The molecule has 1 amide bonds. The summed E-state index contributed by atoms with van der Waals surface area (Å²) in [6.45, 7) is 0. The number of benzene rings is 3. The van der Waals surface area contributed by atoms with Gasteiger partial charge in [-0.25, -0.2) is 4.79 Å². The number of aromatic hydroxyl groups is 2. The number of hydrogen-bond donors (Lipinski definition) is 3. The predicted octanol–water partition coefficient (Wildman–Crippen LogP) is 3.23. The summed E-state index contributed by atoms with van der Waals surface area (Å²) in [7, 11) is 0. The van der Waals surface area contributed by atoms with E-state index in [-0.39, 0.29) is 17.1 Å². The van der Waals surface area contributed by atoms with E-state index in [4.69, 9.17) is 9.47 Å². The molecule has 0 radical (unpaired) electrons. The highest BCUT2D eigenvalue weighted by molar-refractivity contribution is 6.03. The first-order valence-electron chi connectivity index (χ1n) is 8.46. The van der Waals surface area contributed by atoms with E-state index in [9.17, 15) is 19.8 Å². The van der Waals surface area contributed by atoms with Crippen LogP contribution in [0.5, 0.6) is 23.0 Å². The van der Waals surface area contributed by atoms with E-state index in [1.165, 1.54) is 24.3 Å². The number of carbonyl (C=O) groups excluding carboxylic acids is 2. The molecule has 3 aromatic rings. The molecule has 0 saturated heterocycles. The van der Waals surface area contributed by atoms with Gasteiger partial charge >= 0.3 is 5.97 Å². The Hall–Kier alpha value is -4.00. The lowest BCUT2D eigenvalue weighted by molar-refractivity contribution is -0.105. The van der Waals surface area contributed by atoms with Crippen LogP contribution < -0.4 is 10.1 Å². The van der Waals surface area contributed by atoms with E-state index in [1.54, 1.807) is 30.3 Å². The quantitative estimate of drug-likeness (QED) is 0.469. The Kier molecular flexibility index (Phi) is 3.18. The summed E-state index contributed by atoms with van der Waals surface area (Å²) >= 11 is 0. The van der Waals surface area contributed by atoms with Gasteiger partial charge in [0.15, 0.2) is 5.60 Å². The number of ether oxygens (including phenoxy) is 2. The fraction of sp³-hybridized carbons (Fsp3) is 0.0476. The summed E-state index contributed by atoms with van der Waals surface area (Å²) in [5, 5.41) is 22.3. The van der Waals surface area contributed by atoms with Crippen molar-refractivity contribution in [2.24, 2.45) is 0 Å². The molecule has 7 nitrogen and oxygen atoms in total. The first kappa shape index (κ1) is 16.2. The first-order valence-corrected chi connectivity index (χ1v) is 8.46. The smallest absolute Gasteiger partial charge is 0.342 e. The number of phenolic OH excluding ortho intramolecular Hbond substituents is 2. The Labute approximate surface area is 158 Å². The maximum Gasteiger partial charge on any atom is 0.342 e. The van der Waals surface area contributed by atoms with Crippen molar-refractivity contribution in [3.8, 4) is 23.0 Å². The Morgan fingerprint density at radius 3 is 2.14 bits per heavy atom. The molecule has 0 fully saturated rings. The van der Waals surface area contributed by atoms with Crippen LogP contribution in [0.1, 0.15) is 27.0 Å². The molecule has 0 saturated carbocycles. The summed E-state index contributed by atoms with van der Waals surface area (Å²) in [6, 6.07) is 14.1. The third-order valence-corrected chi connectivity index (χ3v) is 5.02. The van der Waals surface area contributed by atoms with Gasteiger partial charge < -0.3 is 25.0 Å². The molecule has 0 aliphatic carbocycles. The Morgan fingerprint density at radius 2 is 1.54 bits per heavy atom. The number of anilines is 1. The maximum absolute atomic E-state index is 12.9. The molecule has 0 bridgehead atoms. The maximum atomic E-state index is 12.9. The lowest BCUT2D eigenvalue weighted by atomic mass is 9.77. The molecule has 0 aromatic heterocycles. The van der Waals surface area contributed by atoms with Gasteiger partial charge in [0, 0.05) is 28.8 Å². The summed E-state index contributed by atoms with van der Waals surface area (Å²) in [6.07, 6.45) is 0.496. The van der Waals surface area contributed by atoms with E-state index in [2.05, 4.69) is 5.32 Å². The van der Waals surface area contributed by atoms with Gasteiger partial charge in [-0.3, -0.25) is 4.79 Å². The van der Waals surface area contributed by atoms with Gasteiger partial charge in [-0.05, 0) is 30.3 Å². The van der Waals surface area contributed by atoms with Crippen molar-refractivity contribution in [1.82, 2.24) is 0 Å². The van der Waals surface area contributed by atoms with Crippen molar-refractivity contribution >= 4 is 18.1 Å². The van der Waals surface area contributed by atoms with E-state index in [1.807, 2.05) is 0 Å². The van der Waals surface area contributed by atoms with E-state index in [0.717, 1.165) is 0 Å². The minimum Gasteiger partial charge on any atom is -0.508 e. The second kappa shape index (κ2) is 5.50. The average Bonchev–Trinajstić information content (AvgIpc) is 2.96. The summed E-state index contributed by atoms with van der Waals surface area (Å²) in [5.41, 5.74) is 0.831. The first-order chi connectivity index (χ1) is 13.5. The molecule has 1 spiro atoms. The van der Waals surface area contributed by atoms with Crippen molar-refractivity contribution in [3.05, 3.63) is 76.9 Å². The van der Waals surface area contributed by atoms with Gasteiger partial charge in [-0.1, -0.05) is 12.1 Å². The molecule has 2 heterocycles. The fourth-order valence-electron chi connectivity index (χ4n) is 3.93. The Bertz CT molecular complexity index is 1120. The highest BCUT2D eigenvalue weighted by atomic mass is 16.6. The summed E-state index contributed by atoms with van der Waals surface area (Å²) in [5.74, 6) is -0.0308. The Balaban J connectivity index is 1.88. The van der Waals surface area contributed by atoms with Gasteiger partial charge in [0.1, 0.15) is 23.0 Å². The zero-order chi connectivity index (χ0) is 19.5. The van der Waals surface area contributed by atoms with Crippen molar-refractivity contribution in [2.45, 2.75) is 5.60 Å². The van der Waals surface area contributed by atoms with Gasteiger partial charge in [0.2, 0.25) is 6.41 Å². The molecule has 0 atom stereocenters. The van der Waals surface area contributed by atoms with Crippen molar-refractivity contribution in [3.63, 3.8) is 0 Å². The zero-order valence-electron chi connectivity index (χ0n) is 14.3. The van der Waals surface area contributed by atoms with Gasteiger partial charge in [0.25, 0.3) is 0 Å². The van der Waals surface area contributed by atoms with Crippen LogP contribution >= 0.6 is 0 Å². The monoisotopic (exact) mass is 375 g/mol. The third-order valence-electron chi connectivity index (χ3n) is 5.02. The van der Waals surface area contributed by atoms with Crippen LogP contribution in [0, 0.1) is 0 Å². The number of rotatable bonds is 2. The number of amides is 1. The number of fused-ring (bicyclic) bond motifs is 6. The standard InChI is InChI=1S/C21H13NO6/c23-10-22-16-3-1-2-15-19(16)20(26)28-21(15)13-6-4-11(24)8-17(13)27-18-9-12(25)5-7-14(18)21/h1-10,24-25H,(H,22,23). The number of esters is 1. The Morgan fingerprint density at radius 1 is 0.893 bits per heavy atom. The topological polar surface area (TPSA) is 105 Å². The second-order valence-electron chi connectivity index (χ2n) is 6.52. The van der Waals surface area contributed by atoms with Crippen molar-refractivity contribution in [1.29, 1.82) is 0 Å². The van der Waals surface area contributed by atoms with Crippen LogP contribution in [0.3, 0.4) is 0 Å². The van der Waals surface area contributed by atoms with Crippen LogP contribution in [-0.4, -0.2) is 22.6 Å². The third kappa shape index (κ3) is 1.98. The molecule has 5 rings (SSSR count). The molecular formula is C21H13NO6. The van der Waals surface area contributed by atoms with Crippen molar-refractivity contribution < 1.29 is 29.3 Å². The molecule has 2 aliphatic heterocycles. The fourth-order valence-corrected chi connectivity index (χ4v) is 3.93. The summed E-state index contributed by atoms with van der Waals surface area (Å²) in [4.78, 5) is 23.9. The van der Waals surface area contributed by atoms with E-state index in [0.29, 0.717) is 40.3 Å². The second-order valence-corrected chi connectivity index (χ2v) is 6.52. The minimum absolute atomic E-state index is 0.0153. The number of phenols is 2. The van der Waals surface area contributed by atoms with Gasteiger partial charge in [-0.15, -0.1) is 0 Å². The highest BCUT2D eigenvalue weighted by Gasteiger charge is 2.54. The van der Waals surface area contributed by atoms with E-state index < -0.39 is 11.6 Å². The largest absolute Gasteiger partial charge is 0.508 e. The van der Waals surface area contributed by atoms with Crippen LogP contribution in [0.4, 0.5) is 5.69 Å². The molecule has 2 aliphatic rings. The predicted molar refractivity (Wildman–Crippen MR) is 97.7 cm³/mol.